The van der Waals surface area contributed by atoms with Gasteiger partial charge in [-0.3, -0.25) is 0 Å². The highest BCUT2D eigenvalue weighted by Gasteiger charge is 2.66. The highest BCUT2D eigenvalue weighted by Crippen LogP contribution is 2.68. The molecule has 6 nitrogen and oxygen atoms in total. The number of hydrogen-bond acceptors (Lipinski definition) is 5. The van der Waals surface area contributed by atoms with Gasteiger partial charge in [0.2, 0.25) is 0 Å². The van der Waals surface area contributed by atoms with Crippen LogP contribution in [0.1, 0.15) is 99.3 Å². The van der Waals surface area contributed by atoms with Gasteiger partial charge in [-0.25, -0.2) is 4.79 Å². The Morgan fingerprint density at radius 3 is 2.37 bits per heavy atom. The van der Waals surface area contributed by atoms with Crippen molar-refractivity contribution < 1.29 is 24.9 Å². The second kappa shape index (κ2) is 10.1. The summed E-state index contributed by atoms with van der Waals surface area (Å²) in [6.45, 7) is 12.7. The van der Waals surface area contributed by atoms with Crippen molar-refractivity contribution in [1.82, 2.24) is 5.32 Å². The number of aliphatic hydroxyl groups excluding tert-OH is 3. The van der Waals surface area contributed by atoms with Crippen molar-refractivity contribution in [2.24, 2.45) is 46.3 Å². The summed E-state index contributed by atoms with van der Waals surface area (Å²) in [5.41, 5.74) is -0.136. The van der Waals surface area contributed by atoms with Crippen LogP contribution in [0.3, 0.4) is 0 Å². The summed E-state index contributed by atoms with van der Waals surface area (Å²) in [5, 5.41) is 35.1. The predicted molar refractivity (Wildman–Crippen MR) is 137 cm³/mol. The van der Waals surface area contributed by atoms with Crippen molar-refractivity contribution >= 4 is 6.09 Å². The molecule has 0 radical (unpaired) electrons. The number of rotatable bonds is 6. The largest absolute Gasteiger partial charge is 0.446 e. The van der Waals surface area contributed by atoms with Crippen LogP contribution in [0.4, 0.5) is 4.79 Å². The lowest BCUT2D eigenvalue weighted by Gasteiger charge is -2.63. The molecule has 4 aliphatic rings. The fourth-order valence-electron chi connectivity index (χ4n) is 9.34. The Kier molecular flexibility index (Phi) is 7.87. The van der Waals surface area contributed by atoms with Gasteiger partial charge in [0.1, 0.15) is 6.10 Å². The van der Waals surface area contributed by atoms with E-state index >= 15 is 0 Å². The SMILES string of the molecule is CC(O)CC[C@@H](C)[C@H]1CC[C@H]2[C@@H]3[C@H](OC(=O)NC(C)C)C[C@@H]4C[C@H](O)CC[C@]4(C)[C@H]3C[C@H](O)[C@]12C. The van der Waals surface area contributed by atoms with Crippen LogP contribution in [-0.4, -0.2) is 51.9 Å². The van der Waals surface area contributed by atoms with E-state index in [0.29, 0.717) is 29.6 Å². The summed E-state index contributed by atoms with van der Waals surface area (Å²) < 4.78 is 6.22. The van der Waals surface area contributed by atoms with Gasteiger partial charge in [-0.05, 0) is 119 Å². The quantitative estimate of drug-likeness (QED) is 0.422. The third-order valence-electron chi connectivity index (χ3n) is 11.2. The number of aliphatic hydroxyl groups is 3. The molecule has 4 saturated carbocycles. The monoisotopic (exact) mass is 493 g/mol. The number of nitrogens with one attached hydrogen (secondary N) is 1. The second-order valence-electron chi connectivity index (χ2n) is 13.6. The molecule has 35 heavy (non-hydrogen) atoms. The first-order valence-corrected chi connectivity index (χ1v) is 14.4. The zero-order valence-corrected chi connectivity index (χ0v) is 22.9. The van der Waals surface area contributed by atoms with Crippen LogP contribution >= 0.6 is 0 Å². The van der Waals surface area contributed by atoms with Crippen molar-refractivity contribution in [2.45, 2.75) is 130 Å². The van der Waals surface area contributed by atoms with Crippen LogP contribution in [0.25, 0.3) is 0 Å². The molecule has 202 valence electrons. The summed E-state index contributed by atoms with van der Waals surface area (Å²) in [4.78, 5) is 12.8. The van der Waals surface area contributed by atoms with Crippen LogP contribution in [0.2, 0.25) is 0 Å². The minimum Gasteiger partial charge on any atom is -0.446 e. The van der Waals surface area contributed by atoms with Gasteiger partial charge >= 0.3 is 6.09 Å². The smallest absolute Gasteiger partial charge is 0.407 e. The van der Waals surface area contributed by atoms with E-state index in [-0.39, 0.29) is 53.3 Å². The molecular weight excluding hydrogens is 442 g/mol. The Morgan fingerprint density at radius 1 is 1.00 bits per heavy atom. The summed E-state index contributed by atoms with van der Waals surface area (Å²) in [7, 11) is 0. The van der Waals surface area contributed by atoms with E-state index in [4.69, 9.17) is 4.74 Å². The normalized spacial score (nSPS) is 46.8. The minimum atomic E-state index is -0.372. The Bertz CT molecular complexity index is 757. The lowest BCUT2D eigenvalue weighted by Crippen LogP contribution is -2.63. The number of carbonyl (C=O) groups excluding carboxylic acids is 1. The standard InChI is InChI=1S/C29H51NO5/c1-16(2)30-27(34)35-24-14-19-13-20(32)11-12-28(19,5)23-15-25(33)29(6)21(9-10-22(29)26(23)24)17(3)7-8-18(4)31/h16-26,31-33H,7-15H2,1-6H3,(H,30,34)/t17-,18?,19+,20-,21-,22+,23+,24-,25+,26+,28+,29-/m1/s1. The van der Waals surface area contributed by atoms with E-state index in [9.17, 15) is 20.1 Å². The molecule has 0 aromatic heterocycles. The lowest BCUT2D eigenvalue weighted by molar-refractivity contribution is -0.206. The molecule has 0 saturated heterocycles. The maximum Gasteiger partial charge on any atom is 0.407 e. The highest BCUT2D eigenvalue weighted by molar-refractivity contribution is 5.67. The van der Waals surface area contributed by atoms with Crippen LogP contribution in [0.5, 0.6) is 0 Å². The first-order valence-electron chi connectivity index (χ1n) is 14.4. The van der Waals surface area contributed by atoms with Gasteiger partial charge in [-0.15, -0.1) is 0 Å². The zero-order valence-electron chi connectivity index (χ0n) is 22.9. The van der Waals surface area contributed by atoms with Gasteiger partial charge < -0.3 is 25.4 Å². The Morgan fingerprint density at radius 2 is 1.71 bits per heavy atom. The number of alkyl carbamates (subject to hydrolysis) is 1. The third-order valence-corrected chi connectivity index (χ3v) is 11.2. The molecule has 12 atom stereocenters. The number of hydrogen-bond donors (Lipinski definition) is 4. The van der Waals surface area contributed by atoms with Crippen LogP contribution < -0.4 is 5.32 Å². The van der Waals surface area contributed by atoms with E-state index in [1.165, 1.54) is 0 Å². The number of ether oxygens (including phenoxy) is 1. The topological polar surface area (TPSA) is 99.0 Å². The van der Waals surface area contributed by atoms with Gasteiger partial charge in [0.15, 0.2) is 0 Å². The maximum absolute atomic E-state index is 12.8. The highest BCUT2D eigenvalue weighted by atomic mass is 16.6. The molecule has 0 aromatic carbocycles. The van der Waals surface area contributed by atoms with E-state index in [0.717, 1.165) is 57.8 Å². The fourth-order valence-corrected chi connectivity index (χ4v) is 9.34. The van der Waals surface area contributed by atoms with Gasteiger partial charge in [-0.1, -0.05) is 20.8 Å². The van der Waals surface area contributed by atoms with Gasteiger partial charge in [-0.2, -0.15) is 0 Å². The average molecular weight is 494 g/mol. The summed E-state index contributed by atoms with van der Waals surface area (Å²) in [6, 6.07) is 0.0210. The summed E-state index contributed by atoms with van der Waals surface area (Å²) in [5.74, 6) is 2.01. The van der Waals surface area contributed by atoms with Gasteiger partial charge in [0.05, 0.1) is 18.3 Å². The Labute approximate surface area is 212 Å². The maximum atomic E-state index is 12.8. The molecule has 0 heterocycles. The Balaban J connectivity index is 1.65. The van der Waals surface area contributed by atoms with E-state index < -0.39 is 0 Å². The van der Waals surface area contributed by atoms with E-state index in [2.05, 4.69) is 26.1 Å². The first kappa shape index (κ1) is 27.2. The molecule has 4 aliphatic carbocycles. The molecule has 6 heteroatoms. The minimum absolute atomic E-state index is 0.0210. The third kappa shape index (κ3) is 4.88. The molecule has 4 N–H and O–H groups in total. The molecule has 0 aliphatic heterocycles. The van der Waals surface area contributed by atoms with Crippen molar-refractivity contribution in [3.05, 3.63) is 0 Å². The molecule has 4 rings (SSSR count). The summed E-state index contributed by atoms with van der Waals surface area (Å²) >= 11 is 0. The molecule has 0 aromatic rings. The number of amides is 1. The van der Waals surface area contributed by atoms with Crippen molar-refractivity contribution in [2.75, 3.05) is 0 Å². The van der Waals surface area contributed by atoms with Crippen LogP contribution in [0, 0.1) is 46.3 Å². The first-order chi connectivity index (χ1) is 16.4. The van der Waals surface area contributed by atoms with Crippen molar-refractivity contribution in [1.29, 1.82) is 0 Å². The van der Waals surface area contributed by atoms with Crippen molar-refractivity contribution in [3.8, 4) is 0 Å². The molecule has 0 bridgehead atoms. The molecule has 0 spiro atoms. The fraction of sp³-hybridized carbons (Fsp3) is 0.966. The van der Waals surface area contributed by atoms with Gasteiger partial charge in [0.25, 0.3) is 0 Å². The molecular formula is C29H51NO5. The second-order valence-corrected chi connectivity index (χ2v) is 13.6. The van der Waals surface area contributed by atoms with Crippen LogP contribution in [-0.2, 0) is 4.74 Å². The lowest BCUT2D eigenvalue weighted by atomic mass is 9.43. The molecule has 1 unspecified atom stereocenters. The van der Waals surface area contributed by atoms with E-state index in [1.807, 2.05) is 20.8 Å². The van der Waals surface area contributed by atoms with Crippen molar-refractivity contribution in [3.63, 3.8) is 0 Å². The molecule has 1 amide bonds. The number of fused-ring (bicyclic) bond motifs is 5. The van der Waals surface area contributed by atoms with E-state index in [1.54, 1.807) is 0 Å². The average Bonchev–Trinajstić information content (AvgIpc) is 3.12. The zero-order chi connectivity index (χ0) is 25.7. The summed E-state index contributed by atoms with van der Waals surface area (Å²) in [6.07, 6.45) is 6.60. The van der Waals surface area contributed by atoms with Crippen LogP contribution in [0.15, 0.2) is 0 Å². The predicted octanol–water partition coefficient (Wildman–Crippen LogP) is 4.89. The number of carbonyl (C=O) groups is 1. The molecule has 4 fully saturated rings. The van der Waals surface area contributed by atoms with Gasteiger partial charge in [0, 0.05) is 12.0 Å². The Hall–Kier alpha value is -0.850.